The van der Waals surface area contributed by atoms with Crippen LogP contribution in [0.1, 0.15) is 15.2 Å². The smallest absolute Gasteiger partial charge is 0.328 e. The van der Waals surface area contributed by atoms with Crippen LogP contribution >= 0.6 is 27.3 Å². The first kappa shape index (κ1) is 15.7. The van der Waals surface area contributed by atoms with Crippen LogP contribution in [0.2, 0.25) is 0 Å². The highest BCUT2D eigenvalue weighted by Gasteiger charge is 2.23. The van der Waals surface area contributed by atoms with Gasteiger partial charge in [0.2, 0.25) is 0 Å². The molecule has 21 heavy (non-hydrogen) atoms. The van der Waals surface area contributed by atoms with Crippen molar-refractivity contribution >= 4 is 39.1 Å². The lowest BCUT2D eigenvalue weighted by atomic mass is 10.1. The Morgan fingerprint density at radius 3 is 2.52 bits per heavy atom. The number of thiophene rings is 1. The van der Waals surface area contributed by atoms with Crippen molar-refractivity contribution in [3.05, 3.63) is 56.7 Å². The molecule has 4 nitrogen and oxygen atoms in total. The Balaban J connectivity index is 2.09. The normalized spacial score (nSPS) is 11.7. The lowest BCUT2D eigenvalue weighted by Crippen LogP contribution is -2.42. The summed E-state index contributed by atoms with van der Waals surface area (Å²) in [6, 6.07) is 11.9. The summed E-state index contributed by atoms with van der Waals surface area (Å²) >= 11 is 4.90. The summed E-state index contributed by atoms with van der Waals surface area (Å²) < 4.78 is 5.75. The van der Waals surface area contributed by atoms with E-state index in [1.165, 1.54) is 18.4 Å². The Morgan fingerprint density at radius 2 is 1.95 bits per heavy atom. The topological polar surface area (TPSA) is 55.4 Å². The fraction of sp³-hybridized carbons (Fsp3) is 0.200. The summed E-state index contributed by atoms with van der Waals surface area (Å²) in [6.07, 6.45) is 0.404. The molecule has 110 valence electrons. The quantitative estimate of drug-likeness (QED) is 0.826. The molecule has 2 rings (SSSR count). The van der Waals surface area contributed by atoms with Crippen LogP contribution in [0, 0.1) is 0 Å². The fourth-order valence-electron chi connectivity index (χ4n) is 1.83. The van der Waals surface area contributed by atoms with E-state index < -0.39 is 12.0 Å². The van der Waals surface area contributed by atoms with E-state index in [-0.39, 0.29) is 5.91 Å². The molecule has 6 heteroatoms. The molecule has 1 N–H and O–H groups in total. The van der Waals surface area contributed by atoms with Gasteiger partial charge in [0, 0.05) is 16.9 Å². The molecule has 1 unspecified atom stereocenters. The zero-order chi connectivity index (χ0) is 15.2. The Hall–Kier alpha value is -1.66. The summed E-state index contributed by atoms with van der Waals surface area (Å²) in [5.41, 5.74) is 0.513. The van der Waals surface area contributed by atoms with Gasteiger partial charge in [-0.15, -0.1) is 11.3 Å². The highest BCUT2D eigenvalue weighted by molar-refractivity contribution is 9.11. The summed E-state index contributed by atoms with van der Waals surface area (Å²) in [6.45, 7) is 0. The Bertz CT molecular complexity index is 627. The number of ether oxygens (including phenoxy) is 1. The minimum atomic E-state index is -0.701. The van der Waals surface area contributed by atoms with E-state index in [4.69, 9.17) is 4.74 Å². The molecule has 0 saturated carbocycles. The lowest BCUT2D eigenvalue weighted by Gasteiger charge is -2.15. The fourth-order valence-corrected chi connectivity index (χ4v) is 3.36. The maximum absolute atomic E-state index is 12.1. The van der Waals surface area contributed by atoms with Crippen molar-refractivity contribution in [1.82, 2.24) is 5.32 Å². The first-order chi connectivity index (χ1) is 10.1. The van der Waals surface area contributed by atoms with Crippen molar-refractivity contribution in [2.75, 3.05) is 7.11 Å². The molecule has 0 spiro atoms. The van der Waals surface area contributed by atoms with Gasteiger partial charge in [-0.2, -0.15) is 0 Å². The van der Waals surface area contributed by atoms with Gasteiger partial charge in [0.1, 0.15) is 6.04 Å². The summed E-state index contributed by atoms with van der Waals surface area (Å²) in [7, 11) is 1.31. The molecule has 1 amide bonds. The molecule has 0 radical (unpaired) electrons. The van der Waals surface area contributed by atoms with Crippen molar-refractivity contribution in [3.63, 3.8) is 0 Å². The van der Waals surface area contributed by atoms with E-state index >= 15 is 0 Å². The average molecular weight is 368 g/mol. The molecule has 0 aliphatic carbocycles. The third kappa shape index (κ3) is 4.41. The lowest BCUT2D eigenvalue weighted by molar-refractivity contribution is -0.142. The molecule has 1 atom stereocenters. The second-order valence-electron chi connectivity index (χ2n) is 4.33. The van der Waals surface area contributed by atoms with E-state index in [2.05, 4.69) is 21.2 Å². The predicted molar refractivity (Wildman–Crippen MR) is 85.4 cm³/mol. The molecule has 1 heterocycles. The number of carbonyl (C=O) groups excluding carboxylic acids is 2. The van der Waals surface area contributed by atoms with Crippen molar-refractivity contribution in [3.8, 4) is 0 Å². The number of esters is 1. The minimum Gasteiger partial charge on any atom is -0.467 e. The minimum absolute atomic E-state index is 0.290. The molecule has 0 fully saturated rings. The Morgan fingerprint density at radius 1 is 1.24 bits per heavy atom. The average Bonchev–Trinajstić information content (AvgIpc) is 2.91. The number of nitrogens with one attached hydrogen (secondary N) is 1. The number of hydrogen-bond donors (Lipinski definition) is 1. The maximum Gasteiger partial charge on any atom is 0.328 e. The van der Waals surface area contributed by atoms with E-state index in [0.29, 0.717) is 12.0 Å². The van der Waals surface area contributed by atoms with Gasteiger partial charge in [-0.3, -0.25) is 4.79 Å². The third-order valence-electron chi connectivity index (χ3n) is 2.86. The van der Waals surface area contributed by atoms with Gasteiger partial charge in [-0.25, -0.2) is 4.79 Å². The number of benzene rings is 1. The van der Waals surface area contributed by atoms with E-state index in [1.54, 1.807) is 24.3 Å². The van der Waals surface area contributed by atoms with Crippen LogP contribution in [-0.4, -0.2) is 25.0 Å². The van der Waals surface area contributed by atoms with E-state index in [9.17, 15) is 9.59 Å². The highest BCUT2D eigenvalue weighted by atomic mass is 79.9. The van der Waals surface area contributed by atoms with Gasteiger partial charge in [0.25, 0.3) is 5.91 Å². The van der Waals surface area contributed by atoms with Crippen LogP contribution in [0.4, 0.5) is 0 Å². The van der Waals surface area contributed by atoms with Gasteiger partial charge in [0.05, 0.1) is 10.9 Å². The Labute approximate surface area is 135 Å². The van der Waals surface area contributed by atoms with Crippen LogP contribution in [-0.2, 0) is 16.0 Å². The number of amides is 1. The van der Waals surface area contributed by atoms with Crippen molar-refractivity contribution in [2.45, 2.75) is 12.5 Å². The van der Waals surface area contributed by atoms with Gasteiger partial charge in [0.15, 0.2) is 0 Å². The standard InChI is InChI=1S/C15H14BrNO3S/c1-20-15(19)12(9-11-7-8-13(16)21-11)17-14(18)10-5-3-2-4-6-10/h2-8,12H,9H2,1H3,(H,17,18). The molecule has 0 saturated heterocycles. The summed E-state index contributed by atoms with van der Waals surface area (Å²) in [5.74, 6) is -0.745. The third-order valence-corrected chi connectivity index (χ3v) is 4.51. The largest absolute Gasteiger partial charge is 0.467 e. The zero-order valence-electron chi connectivity index (χ0n) is 11.3. The Kier molecular flexibility index (Phi) is 5.52. The molecule has 0 bridgehead atoms. The number of hydrogen-bond acceptors (Lipinski definition) is 4. The number of halogens is 1. The van der Waals surface area contributed by atoms with E-state index in [0.717, 1.165) is 8.66 Å². The van der Waals surface area contributed by atoms with Crippen LogP contribution in [0.3, 0.4) is 0 Å². The first-order valence-electron chi connectivity index (χ1n) is 6.28. The van der Waals surface area contributed by atoms with Gasteiger partial charge in [-0.1, -0.05) is 18.2 Å². The molecule has 1 aromatic carbocycles. The van der Waals surface area contributed by atoms with Crippen LogP contribution < -0.4 is 5.32 Å². The molecule has 1 aromatic heterocycles. The number of carbonyl (C=O) groups is 2. The zero-order valence-corrected chi connectivity index (χ0v) is 13.7. The molecular weight excluding hydrogens is 354 g/mol. The summed E-state index contributed by atoms with van der Waals surface area (Å²) in [5, 5.41) is 2.72. The predicted octanol–water partition coefficient (Wildman–Crippen LogP) is 3.02. The monoisotopic (exact) mass is 367 g/mol. The van der Waals surface area contributed by atoms with Gasteiger partial charge >= 0.3 is 5.97 Å². The van der Waals surface area contributed by atoms with Gasteiger partial charge < -0.3 is 10.1 Å². The molecule has 0 aliphatic heterocycles. The van der Waals surface area contributed by atoms with Gasteiger partial charge in [-0.05, 0) is 40.2 Å². The summed E-state index contributed by atoms with van der Waals surface area (Å²) in [4.78, 5) is 25.0. The SMILES string of the molecule is COC(=O)C(Cc1ccc(Br)s1)NC(=O)c1ccccc1. The van der Waals surface area contributed by atoms with E-state index in [1.807, 2.05) is 18.2 Å². The first-order valence-corrected chi connectivity index (χ1v) is 7.89. The van der Waals surface area contributed by atoms with Crippen LogP contribution in [0.25, 0.3) is 0 Å². The second-order valence-corrected chi connectivity index (χ2v) is 6.87. The maximum atomic E-state index is 12.1. The molecular formula is C15H14BrNO3S. The molecule has 0 aliphatic rings. The number of rotatable bonds is 5. The highest BCUT2D eigenvalue weighted by Crippen LogP contribution is 2.23. The van der Waals surface area contributed by atoms with Crippen molar-refractivity contribution in [1.29, 1.82) is 0 Å². The second kappa shape index (κ2) is 7.38. The van der Waals surface area contributed by atoms with Crippen LogP contribution in [0.5, 0.6) is 0 Å². The van der Waals surface area contributed by atoms with Crippen molar-refractivity contribution in [2.24, 2.45) is 0 Å². The van der Waals surface area contributed by atoms with Crippen molar-refractivity contribution < 1.29 is 14.3 Å². The number of methoxy groups -OCH3 is 1. The van der Waals surface area contributed by atoms with Crippen LogP contribution in [0.15, 0.2) is 46.3 Å². The molecule has 2 aromatic rings.